The van der Waals surface area contributed by atoms with E-state index in [1.165, 1.54) is 0 Å². The molecule has 3 rings (SSSR count). The van der Waals surface area contributed by atoms with Crippen molar-refractivity contribution in [3.63, 3.8) is 0 Å². The molecular weight excluding hydrogens is 400 g/mol. The van der Waals surface area contributed by atoms with Gasteiger partial charge in [0.1, 0.15) is 0 Å². The number of hydrogen-bond donors (Lipinski definition) is 0. The molecule has 0 spiro atoms. The van der Waals surface area contributed by atoms with Crippen molar-refractivity contribution in [2.45, 2.75) is 26.3 Å². The van der Waals surface area contributed by atoms with Gasteiger partial charge in [-0.2, -0.15) is 5.26 Å². The lowest BCUT2D eigenvalue weighted by molar-refractivity contribution is -0.137. The van der Waals surface area contributed by atoms with E-state index in [1.807, 2.05) is 67.2 Å². The topological polar surface area (TPSA) is 67.7 Å². The quantitative estimate of drug-likeness (QED) is 0.673. The Morgan fingerprint density at radius 2 is 1.75 bits per heavy atom. The van der Waals surface area contributed by atoms with Crippen molar-refractivity contribution < 1.29 is 9.59 Å². The Morgan fingerprint density at radius 1 is 1.06 bits per heavy atom. The zero-order valence-electron chi connectivity index (χ0n) is 19.3. The largest absolute Gasteiger partial charge is 0.338 e. The van der Waals surface area contributed by atoms with Crippen LogP contribution >= 0.6 is 0 Å². The van der Waals surface area contributed by atoms with Crippen LogP contribution in [0.1, 0.15) is 39.9 Å². The fraction of sp³-hybridized carbons (Fsp3) is 0.423. The number of likely N-dealkylation sites (tertiary alicyclic amines) is 1. The number of nitrogens with zero attached hydrogens (tertiary/aromatic N) is 4. The van der Waals surface area contributed by atoms with E-state index in [0.717, 1.165) is 30.5 Å². The van der Waals surface area contributed by atoms with Gasteiger partial charge in [0, 0.05) is 38.3 Å². The van der Waals surface area contributed by atoms with Gasteiger partial charge >= 0.3 is 0 Å². The molecule has 0 radical (unpaired) electrons. The van der Waals surface area contributed by atoms with Crippen LogP contribution in [-0.2, 0) is 11.3 Å². The van der Waals surface area contributed by atoms with Gasteiger partial charge in [-0.05, 0) is 63.7 Å². The number of piperidine rings is 1. The summed E-state index contributed by atoms with van der Waals surface area (Å²) in [6, 6.07) is 17.1. The van der Waals surface area contributed by atoms with Crippen molar-refractivity contribution in [1.82, 2.24) is 14.7 Å². The lowest BCUT2D eigenvalue weighted by Crippen LogP contribution is -2.47. The van der Waals surface area contributed by atoms with Crippen LogP contribution in [-0.4, -0.2) is 66.8 Å². The molecule has 1 fully saturated rings. The molecule has 0 aliphatic carbocycles. The molecule has 6 heteroatoms. The maximum absolute atomic E-state index is 13.5. The average Bonchev–Trinajstić information content (AvgIpc) is 2.81. The summed E-state index contributed by atoms with van der Waals surface area (Å²) in [5.41, 5.74) is 3.40. The maximum Gasteiger partial charge on any atom is 0.253 e. The lowest BCUT2D eigenvalue weighted by Gasteiger charge is -2.35. The summed E-state index contributed by atoms with van der Waals surface area (Å²) in [6.07, 6.45) is 1.62. The minimum Gasteiger partial charge on any atom is -0.338 e. The van der Waals surface area contributed by atoms with E-state index in [2.05, 4.69) is 11.0 Å². The maximum atomic E-state index is 13.5. The van der Waals surface area contributed by atoms with Gasteiger partial charge in [-0.3, -0.25) is 9.59 Å². The van der Waals surface area contributed by atoms with Crippen LogP contribution in [0.5, 0.6) is 0 Å². The fourth-order valence-electron chi connectivity index (χ4n) is 3.99. The Kier molecular flexibility index (Phi) is 8.02. The lowest BCUT2D eigenvalue weighted by atomic mass is 9.95. The van der Waals surface area contributed by atoms with Crippen molar-refractivity contribution in [2.24, 2.45) is 5.92 Å². The van der Waals surface area contributed by atoms with Crippen LogP contribution in [0.25, 0.3) is 0 Å². The van der Waals surface area contributed by atoms with E-state index in [1.54, 1.807) is 12.1 Å². The second-order valence-electron chi connectivity index (χ2n) is 8.83. The molecule has 1 saturated heterocycles. The summed E-state index contributed by atoms with van der Waals surface area (Å²) in [5.74, 6) is -0.106. The Morgan fingerprint density at radius 3 is 2.38 bits per heavy atom. The van der Waals surface area contributed by atoms with Crippen molar-refractivity contribution in [3.05, 3.63) is 70.8 Å². The summed E-state index contributed by atoms with van der Waals surface area (Å²) < 4.78 is 0. The first-order valence-corrected chi connectivity index (χ1v) is 11.2. The average molecular weight is 433 g/mol. The molecule has 6 nitrogen and oxygen atoms in total. The standard InChI is InChI=1S/C26H32N4O2/c1-20-6-12-23(13-7-20)25(31)29-14-4-5-24(19-29)26(32)30(16-15-28(2)3)18-22-10-8-21(17-27)9-11-22/h6-13,24H,4-5,14-16,18-19H2,1-3H3. The first kappa shape index (κ1) is 23.5. The van der Waals surface area contributed by atoms with E-state index >= 15 is 0 Å². The highest BCUT2D eigenvalue weighted by Crippen LogP contribution is 2.22. The molecule has 1 atom stereocenters. The number of likely N-dealkylation sites (N-methyl/N-ethyl adjacent to an activating group) is 1. The molecule has 32 heavy (non-hydrogen) atoms. The molecular formula is C26H32N4O2. The van der Waals surface area contributed by atoms with E-state index in [4.69, 9.17) is 5.26 Å². The van der Waals surface area contributed by atoms with Crippen molar-refractivity contribution in [1.29, 1.82) is 5.26 Å². The number of carbonyl (C=O) groups excluding carboxylic acids is 2. The zero-order chi connectivity index (χ0) is 23.1. The number of aryl methyl sites for hydroxylation is 1. The summed E-state index contributed by atoms with van der Waals surface area (Å²) in [7, 11) is 3.99. The fourth-order valence-corrected chi connectivity index (χ4v) is 3.99. The Labute approximate surface area is 191 Å². The molecule has 1 heterocycles. The highest BCUT2D eigenvalue weighted by molar-refractivity contribution is 5.94. The van der Waals surface area contributed by atoms with Gasteiger partial charge in [-0.25, -0.2) is 0 Å². The molecule has 1 aliphatic rings. The van der Waals surface area contributed by atoms with Gasteiger partial charge in [0.15, 0.2) is 0 Å². The number of amides is 2. The predicted molar refractivity (Wildman–Crippen MR) is 125 cm³/mol. The van der Waals surface area contributed by atoms with Crippen molar-refractivity contribution >= 4 is 11.8 Å². The summed E-state index contributed by atoms with van der Waals surface area (Å²) in [4.78, 5) is 32.3. The molecule has 0 N–H and O–H groups in total. The molecule has 2 aromatic rings. The number of rotatable bonds is 7. The van der Waals surface area contributed by atoms with Gasteiger partial charge in [-0.15, -0.1) is 0 Å². The zero-order valence-corrected chi connectivity index (χ0v) is 19.3. The van der Waals surface area contributed by atoms with Crippen LogP contribution in [0, 0.1) is 24.2 Å². The monoisotopic (exact) mass is 432 g/mol. The van der Waals surface area contributed by atoms with E-state index in [-0.39, 0.29) is 17.7 Å². The smallest absolute Gasteiger partial charge is 0.253 e. The number of carbonyl (C=O) groups is 2. The van der Waals surface area contributed by atoms with Crippen LogP contribution in [0.2, 0.25) is 0 Å². The number of nitriles is 1. The molecule has 1 aliphatic heterocycles. The minimum absolute atomic E-state index is 0.00515. The van der Waals surface area contributed by atoms with E-state index in [9.17, 15) is 9.59 Å². The van der Waals surface area contributed by atoms with Crippen LogP contribution in [0.4, 0.5) is 0 Å². The molecule has 2 aromatic carbocycles. The van der Waals surface area contributed by atoms with Gasteiger partial charge < -0.3 is 14.7 Å². The predicted octanol–water partition coefficient (Wildman–Crippen LogP) is 3.31. The second kappa shape index (κ2) is 10.9. The third-order valence-corrected chi connectivity index (χ3v) is 5.94. The molecule has 2 amide bonds. The summed E-state index contributed by atoms with van der Waals surface area (Å²) in [6.45, 7) is 5.02. The van der Waals surface area contributed by atoms with Crippen LogP contribution in [0.3, 0.4) is 0 Å². The highest BCUT2D eigenvalue weighted by atomic mass is 16.2. The molecule has 0 saturated carbocycles. The summed E-state index contributed by atoms with van der Waals surface area (Å²) in [5, 5.41) is 9.03. The first-order chi connectivity index (χ1) is 15.4. The molecule has 0 aromatic heterocycles. The van der Waals surface area contributed by atoms with Gasteiger partial charge in [-0.1, -0.05) is 29.8 Å². The SMILES string of the molecule is Cc1ccc(C(=O)N2CCCC(C(=O)N(CCN(C)C)Cc3ccc(C#N)cc3)C2)cc1. The molecule has 168 valence electrons. The minimum atomic E-state index is -0.196. The number of hydrogen-bond acceptors (Lipinski definition) is 4. The van der Waals surface area contributed by atoms with Crippen LogP contribution in [0.15, 0.2) is 48.5 Å². The highest BCUT2D eigenvalue weighted by Gasteiger charge is 2.31. The van der Waals surface area contributed by atoms with Gasteiger partial charge in [0.25, 0.3) is 5.91 Å². The molecule has 0 bridgehead atoms. The van der Waals surface area contributed by atoms with E-state index < -0.39 is 0 Å². The number of benzene rings is 2. The Balaban J connectivity index is 1.71. The van der Waals surface area contributed by atoms with E-state index in [0.29, 0.717) is 37.3 Å². The Hall–Kier alpha value is -3.17. The Bertz CT molecular complexity index is 961. The van der Waals surface area contributed by atoms with Gasteiger partial charge in [0.2, 0.25) is 5.91 Å². The third-order valence-electron chi connectivity index (χ3n) is 5.94. The normalized spacial score (nSPS) is 16.0. The third kappa shape index (κ3) is 6.18. The summed E-state index contributed by atoms with van der Waals surface area (Å²) >= 11 is 0. The molecule has 1 unspecified atom stereocenters. The van der Waals surface area contributed by atoms with Gasteiger partial charge in [0.05, 0.1) is 17.6 Å². The van der Waals surface area contributed by atoms with Crippen LogP contribution < -0.4 is 0 Å². The van der Waals surface area contributed by atoms with Crippen molar-refractivity contribution in [2.75, 3.05) is 40.3 Å². The first-order valence-electron chi connectivity index (χ1n) is 11.2. The second-order valence-corrected chi connectivity index (χ2v) is 8.83. The van der Waals surface area contributed by atoms with Crippen molar-refractivity contribution in [3.8, 4) is 6.07 Å².